The first-order valence-corrected chi connectivity index (χ1v) is 6.47. The molecule has 20 heavy (non-hydrogen) atoms. The van der Waals surface area contributed by atoms with Gasteiger partial charge in [0.1, 0.15) is 18.2 Å². The van der Waals surface area contributed by atoms with E-state index in [0.29, 0.717) is 32.1 Å². The molecule has 5 nitrogen and oxygen atoms in total. The van der Waals surface area contributed by atoms with Crippen molar-refractivity contribution in [1.82, 2.24) is 10.2 Å². The molecule has 1 rings (SSSR count). The van der Waals surface area contributed by atoms with Crippen molar-refractivity contribution in [1.29, 1.82) is 0 Å². The maximum atomic E-state index is 12.7. The zero-order chi connectivity index (χ0) is 14.8. The molecule has 0 aromatic heterocycles. The molecule has 0 spiro atoms. The first-order chi connectivity index (χ1) is 9.67. The van der Waals surface area contributed by atoms with E-state index in [-0.39, 0.29) is 18.3 Å². The van der Waals surface area contributed by atoms with Gasteiger partial charge in [-0.1, -0.05) is 0 Å². The highest BCUT2D eigenvalue weighted by atomic mass is 19.1. The number of methoxy groups -OCH3 is 1. The third-order valence-electron chi connectivity index (χ3n) is 2.69. The first-order valence-electron chi connectivity index (χ1n) is 6.47. The van der Waals surface area contributed by atoms with Crippen LogP contribution in [0.3, 0.4) is 0 Å². The lowest BCUT2D eigenvalue weighted by Gasteiger charge is -2.22. The molecule has 1 aromatic rings. The minimum absolute atomic E-state index is 0.00717. The molecule has 6 heteroatoms. The standard InChI is InChI=1S/C14H21FN2O3/c1-16-11-14(18)17(7-9-19-2)8-10-20-13-5-3-12(15)4-6-13/h3-6,16H,7-11H2,1-2H3. The second kappa shape index (κ2) is 9.28. The maximum Gasteiger partial charge on any atom is 0.236 e. The van der Waals surface area contributed by atoms with Crippen LogP contribution in [0.15, 0.2) is 24.3 Å². The van der Waals surface area contributed by atoms with Gasteiger partial charge in [-0.25, -0.2) is 4.39 Å². The van der Waals surface area contributed by atoms with E-state index in [1.807, 2.05) is 0 Å². The molecule has 0 aliphatic heterocycles. The average molecular weight is 284 g/mol. The second-order valence-electron chi connectivity index (χ2n) is 4.21. The van der Waals surface area contributed by atoms with Crippen molar-refractivity contribution in [3.63, 3.8) is 0 Å². The molecule has 0 heterocycles. The van der Waals surface area contributed by atoms with E-state index in [4.69, 9.17) is 9.47 Å². The van der Waals surface area contributed by atoms with Gasteiger partial charge in [0.15, 0.2) is 0 Å². The fourth-order valence-corrected chi connectivity index (χ4v) is 1.63. The molecule has 1 N–H and O–H groups in total. The number of nitrogens with zero attached hydrogens (tertiary/aromatic N) is 1. The molecule has 0 aliphatic rings. The molecule has 1 amide bonds. The van der Waals surface area contributed by atoms with E-state index in [9.17, 15) is 9.18 Å². The zero-order valence-corrected chi connectivity index (χ0v) is 11.9. The summed E-state index contributed by atoms with van der Waals surface area (Å²) in [5.41, 5.74) is 0. The van der Waals surface area contributed by atoms with E-state index in [1.54, 1.807) is 31.2 Å². The van der Waals surface area contributed by atoms with Gasteiger partial charge in [-0.3, -0.25) is 4.79 Å². The van der Waals surface area contributed by atoms with E-state index in [1.165, 1.54) is 12.1 Å². The van der Waals surface area contributed by atoms with Gasteiger partial charge in [0.05, 0.1) is 19.7 Å². The molecule has 0 bridgehead atoms. The van der Waals surface area contributed by atoms with Crippen LogP contribution in [0.25, 0.3) is 0 Å². The lowest BCUT2D eigenvalue weighted by atomic mass is 10.3. The van der Waals surface area contributed by atoms with E-state index >= 15 is 0 Å². The Kier molecular flexibility index (Phi) is 7.60. The number of hydrogen-bond donors (Lipinski definition) is 1. The van der Waals surface area contributed by atoms with Crippen molar-refractivity contribution in [2.75, 3.05) is 47.0 Å². The third kappa shape index (κ3) is 5.99. The monoisotopic (exact) mass is 284 g/mol. The number of likely N-dealkylation sites (N-methyl/N-ethyl adjacent to an activating group) is 1. The summed E-state index contributed by atoms with van der Waals surface area (Å²) >= 11 is 0. The Morgan fingerprint density at radius 1 is 1.25 bits per heavy atom. The first kappa shape index (κ1) is 16.4. The van der Waals surface area contributed by atoms with Crippen LogP contribution in [0.1, 0.15) is 0 Å². The molecule has 0 aliphatic carbocycles. The van der Waals surface area contributed by atoms with Gasteiger partial charge in [0.25, 0.3) is 0 Å². The number of nitrogens with one attached hydrogen (secondary N) is 1. The van der Waals surface area contributed by atoms with Crippen LogP contribution >= 0.6 is 0 Å². The number of rotatable bonds is 9. The summed E-state index contributed by atoms with van der Waals surface area (Å²) in [5.74, 6) is 0.273. The van der Waals surface area contributed by atoms with Gasteiger partial charge in [0, 0.05) is 13.7 Å². The normalized spacial score (nSPS) is 10.3. The number of halogens is 1. The Labute approximate surface area is 118 Å². The van der Waals surface area contributed by atoms with Crippen LogP contribution in [0.2, 0.25) is 0 Å². The Bertz CT molecular complexity index is 398. The molecule has 0 atom stereocenters. The van der Waals surface area contributed by atoms with E-state index < -0.39 is 0 Å². The van der Waals surface area contributed by atoms with Crippen molar-refractivity contribution in [2.24, 2.45) is 0 Å². The molecule has 0 fully saturated rings. The SMILES string of the molecule is CNCC(=O)N(CCOC)CCOc1ccc(F)cc1. The summed E-state index contributed by atoms with van der Waals surface area (Å²) in [6.07, 6.45) is 0. The molecule has 0 radical (unpaired) electrons. The van der Waals surface area contributed by atoms with Crippen LogP contribution in [0, 0.1) is 5.82 Å². The van der Waals surface area contributed by atoms with E-state index in [0.717, 1.165) is 0 Å². The summed E-state index contributed by atoms with van der Waals surface area (Å²) in [6, 6.07) is 5.79. The van der Waals surface area contributed by atoms with Crippen LogP contribution in [0.4, 0.5) is 4.39 Å². The summed E-state index contributed by atoms with van der Waals surface area (Å²) in [5, 5.41) is 2.82. The molecule has 0 saturated heterocycles. The number of ether oxygens (including phenoxy) is 2. The van der Waals surface area contributed by atoms with Crippen molar-refractivity contribution in [2.45, 2.75) is 0 Å². The molecular weight excluding hydrogens is 263 g/mol. The fourth-order valence-electron chi connectivity index (χ4n) is 1.63. The van der Waals surface area contributed by atoms with Gasteiger partial charge in [-0.15, -0.1) is 0 Å². The Hall–Kier alpha value is -1.66. The van der Waals surface area contributed by atoms with Crippen LogP contribution in [-0.4, -0.2) is 57.8 Å². The number of amides is 1. The quantitative estimate of drug-likeness (QED) is 0.732. The molecule has 0 unspecified atom stereocenters. The van der Waals surface area contributed by atoms with Crippen LogP contribution < -0.4 is 10.1 Å². The van der Waals surface area contributed by atoms with Gasteiger partial charge in [-0.05, 0) is 31.3 Å². The predicted octanol–water partition coefficient (Wildman–Crippen LogP) is 0.899. The van der Waals surface area contributed by atoms with Crippen molar-refractivity contribution in [3.05, 3.63) is 30.1 Å². The minimum Gasteiger partial charge on any atom is -0.492 e. The molecule has 1 aromatic carbocycles. The number of hydrogen-bond acceptors (Lipinski definition) is 4. The zero-order valence-electron chi connectivity index (χ0n) is 11.9. The van der Waals surface area contributed by atoms with Gasteiger partial charge >= 0.3 is 0 Å². The highest BCUT2D eigenvalue weighted by Crippen LogP contribution is 2.10. The fraction of sp³-hybridized carbons (Fsp3) is 0.500. The average Bonchev–Trinajstić information content (AvgIpc) is 2.44. The largest absolute Gasteiger partial charge is 0.492 e. The molecular formula is C14H21FN2O3. The smallest absolute Gasteiger partial charge is 0.236 e. The lowest BCUT2D eigenvalue weighted by molar-refractivity contribution is -0.131. The van der Waals surface area contributed by atoms with Crippen molar-refractivity contribution >= 4 is 5.91 Å². The van der Waals surface area contributed by atoms with Crippen molar-refractivity contribution in [3.8, 4) is 5.75 Å². The molecule has 112 valence electrons. The van der Waals surface area contributed by atoms with Crippen molar-refractivity contribution < 1.29 is 18.7 Å². The summed E-state index contributed by atoms with van der Waals surface area (Å²) in [7, 11) is 3.32. The highest BCUT2D eigenvalue weighted by molar-refractivity contribution is 5.78. The van der Waals surface area contributed by atoms with Crippen LogP contribution in [-0.2, 0) is 9.53 Å². The predicted molar refractivity (Wildman–Crippen MR) is 74.3 cm³/mol. The van der Waals surface area contributed by atoms with Gasteiger partial charge in [-0.2, -0.15) is 0 Å². The lowest BCUT2D eigenvalue weighted by Crippen LogP contribution is -2.41. The number of carbonyl (C=O) groups excluding carboxylic acids is 1. The van der Waals surface area contributed by atoms with Crippen LogP contribution in [0.5, 0.6) is 5.75 Å². The highest BCUT2D eigenvalue weighted by Gasteiger charge is 2.12. The minimum atomic E-state index is -0.303. The third-order valence-corrected chi connectivity index (χ3v) is 2.69. The summed E-state index contributed by atoms with van der Waals surface area (Å²) in [4.78, 5) is 13.5. The Balaban J connectivity index is 2.40. The Morgan fingerprint density at radius 2 is 1.90 bits per heavy atom. The number of carbonyl (C=O) groups is 1. The second-order valence-corrected chi connectivity index (χ2v) is 4.21. The Morgan fingerprint density at radius 3 is 2.50 bits per heavy atom. The molecule has 0 saturated carbocycles. The van der Waals surface area contributed by atoms with Gasteiger partial charge in [0.2, 0.25) is 5.91 Å². The van der Waals surface area contributed by atoms with E-state index in [2.05, 4.69) is 5.32 Å². The summed E-state index contributed by atoms with van der Waals surface area (Å²) < 4.78 is 23.2. The maximum absolute atomic E-state index is 12.7. The van der Waals surface area contributed by atoms with Gasteiger partial charge < -0.3 is 19.7 Å². The summed E-state index contributed by atoms with van der Waals surface area (Å²) in [6.45, 7) is 2.09. The number of benzene rings is 1. The topological polar surface area (TPSA) is 50.8 Å².